The molecule has 3 aliphatic rings. The molecule has 2 aromatic rings. The highest BCUT2D eigenvalue weighted by Crippen LogP contribution is 2.38. The van der Waals surface area contributed by atoms with Crippen molar-refractivity contribution >= 4 is 26.0 Å². The van der Waals surface area contributed by atoms with E-state index in [1.54, 1.807) is 28.7 Å². The number of benzene rings is 1. The molecule has 0 amide bonds. The van der Waals surface area contributed by atoms with Gasteiger partial charge in [-0.1, -0.05) is 22.0 Å². The van der Waals surface area contributed by atoms with E-state index in [-0.39, 0.29) is 12.1 Å². The lowest BCUT2D eigenvalue weighted by Crippen LogP contribution is -2.51. The van der Waals surface area contributed by atoms with E-state index in [0.717, 1.165) is 23.1 Å². The molecule has 1 aromatic carbocycles. The number of aromatic nitrogens is 2. The molecule has 9 heteroatoms. The van der Waals surface area contributed by atoms with Gasteiger partial charge in [0, 0.05) is 49.0 Å². The Balaban J connectivity index is 1.23. The SMILES string of the molecule is O=S(=O)(c1cccc(Br)c1)N1CCN2C[C@@H](Oc3cnc(C4CC4)cn3)C[C@H]2C1. The molecule has 0 N–H and O–H groups in total. The highest BCUT2D eigenvalue weighted by atomic mass is 79.9. The molecule has 3 heterocycles. The van der Waals surface area contributed by atoms with Crippen LogP contribution in [0.1, 0.15) is 30.9 Å². The van der Waals surface area contributed by atoms with Crippen molar-refractivity contribution in [2.24, 2.45) is 0 Å². The zero-order valence-electron chi connectivity index (χ0n) is 15.9. The van der Waals surface area contributed by atoms with Gasteiger partial charge in [0.05, 0.1) is 23.0 Å². The largest absolute Gasteiger partial charge is 0.472 e. The van der Waals surface area contributed by atoms with Crippen LogP contribution in [0.3, 0.4) is 0 Å². The maximum atomic E-state index is 13.0. The minimum Gasteiger partial charge on any atom is -0.472 e. The van der Waals surface area contributed by atoms with Crippen LogP contribution < -0.4 is 4.74 Å². The van der Waals surface area contributed by atoms with E-state index in [1.807, 2.05) is 12.3 Å². The van der Waals surface area contributed by atoms with Gasteiger partial charge in [0.15, 0.2) is 0 Å². The molecule has 0 bridgehead atoms. The Hall–Kier alpha value is -1.55. The van der Waals surface area contributed by atoms with Crippen LogP contribution in [0.15, 0.2) is 46.0 Å². The van der Waals surface area contributed by atoms with Gasteiger partial charge in [-0.15, -0.1) is 0 Å². The standard InChI is InChI=1S/C20H23BrN4O3S/c21-15-2-1-3-18(8-15)29(26,27)25-7-6-24-13-17(9-16(24)12-25)28-20-11-22-19(10-23-20)14-4-5-14/h1-3,8,10-11,14,16-17H,4-7,9,12-13H2/t16-,17-/m0/s1. The highest BCUT2D eigenvalue weighted by Gasteiger charge is 2.41. The number of nitrogens with zero attached hydrogens (tertiary/aromatic N) is 4. The summed E-state index contributed by atoms with van der Waals surface area (Å²) in [5.41, 5.74) is 1.05. The van der Waals surface area contributed by atoms with E-state index in [2.05, 4.69) is 30.8 Å². The van der Waals surface area contributed by atoms with E-state index in [0.29, 0.717) is 36.3 Å². The first-order valence-corrected chi connectivity index (χ1v) is 12.2. The molecule has 5 rings (SSSR count). The first kappa shape index (κ1) is 19.4. The van der Waals surface area contributed by atoms with Crippen molar-refractivity contribution in [3.05, 3.63) is 46.8 Å². The Morgan fingerprint density at radius 1 is 1.10 bits per heavy atom. The van der Waals surface area contributed by atoms with Crippen molar-refractivity contribution in [3.63, 3.8) is 0 Å². The normalized spacial score (nSPS) is 25.7. The Morgan fingerprint density at radius 3 is 2.69 bits per heavy atom. The first-order chi connectivity index (χ1) is 14.0. The van der Waals surface area contributed by atoms with Crippen LogP contribution in [0.2, 0.25) is 0 Å². The summed E-state index contributed by atoms with van der Waals surface area (Å²) < 4.78 is 34.5. The van der Waals surface area contributed by atoms with E-state index in [4.69, 9.17) is 4.74 Å². The molecule has 0 unspecified atom stereocenters. The second-order valence-corrected chi connectivity index (χ2v) is 10.9. The topological polar surface area (TPSA) is 75.6 Å². The molecule has 2 aliphatic heterocycles. The molecule has 1 aliphatic carbocycles. The summed E-state index contributed by atoms with van der Waals surface area (Å²) >= 11 is 3.36. The molecule has 0 radical (unpaired) electrons. The number of fused-ring (bicyclic) bond motifs is 1. The van der Waals surface area contributed by atoms with E-state index in [1.165, 1.54) is 12.8 Å². The first-order valence-electron chi connectivity index (χ1n) is 9.97. The van der Waals surface area contributed by atoms with E-state index in [9.17, 15) is 8.42 Å². The molecule has 0 spiro atoms. The second-order valence-electron chi connectivity index (χ2n) is 8.00. The van der Waals surface area contributed by atoms with Crippen LogP contribution in [0.5, 0.6) is 5.88 Å². The number of ether oxygens (including phenoxy) is 1. The van der Waals surface area contributed by atoms with Gasteiger partial charge in [0.1, 0.15) is 6.10 Å². The summed E-state index contributed by atoms with van der Waals surface area (Å²) in [6.07, 6.45) is 6.74. The van der Waals surface area contributed by atoms with Crippen LogP contribution in [-0.4, -0.2) is 65.9 Å². The minimum absolute atomic E-state index is 0.00889. The number of piperazine rings is 1. The van der Waals surface area contributed by atoms with Crippen molar-refractivity contribution in [2.45, 2.75) is 42.2 Å². The average molecular weight is 479 g/mol. The third-order valence-corrected chi connectivity index (χ3v) is 8.26. The molecule has 3 fully saturated rings. The van der Waals surface area contributed by atoms with Crippen molar-refractivity contribution < 1.29 is 13.2 Å². The third-order valence-electron chi connectivity index (χ3n) is 5.91. The zero-order chi connectivity index (χ0) is 20.0. The fraction of sp³-hybridized carbons (Fsp3) is 0.500. The van der Waals surface area contributed by atoms with Crippen LogP contribution in [0, 0.1) is 0 Å². The van der Waals surface area contributed by atoms with Crippen molar-refractivity contribution in [3.8, 4) is 5.88 Å². The monoisotopic (exact) mass is 478 g/mol. The van der Waals surface area contributed by atoms with Gasteiger partial charge in [-0.3, -0.25) is 9.88 Å². The summed E-state index contributed by atoms with van der Waals surface area (Å²) in [7, 11) is -3.49. The summed E-state index contributed by atoms with van der Waals surface area (Å²) in [6.45, 7) is 2.49. The zero-order valence-corrected chi connectivity index (χ0v) is 18.3. The molecule has 1 saturated carbocycles. The number of hydrogen-bond donors (Lipinski definition) is 0. The summed E-state index contributed by atoms with van der Waals surface area (Å²) in [5.74, 6) is 1.13. The Bertz CT molecular complexity index is 997. The van der Waals surface area contributed by atoms with Crippen molar-refractivity contribution in [1.82, 2.24) is 19.2 Å². The fourth-order valence-corrected chi connectivity index (χ4v) is 6.26. The van der Waals surface area contributed by atoms with Crippen molar-refractivity contribution in [1.29, 1.82) is 0 Å². The lowest BCUT2D eigenvalue weighted by molar-refractivity contribution is 0.151. The summed E-state index contributed by atoms with van der Waals surface area (Å²) in [5, 5.41) is 0. The Labute approximate surface area is 179 Å². The molecule has 154 valence electrons. The van der Waals surface area contributed by atoms with Gasteiger partial charge < -0.3 is 4.74 Å². The fourth-order valence-electron chi connectivity index (χ4n) is 4.20. The number of halogens is 1. The van der Waals surface area contributed by atoms with Crippen LogP contribution >= 0.6 is 15.9 Å². The lowest BCUT2D eigenvalue weighted by Gasteiger charge is -2.36. The van der Waals surface area contributed by atoms with Crippen LogP contribution in [-0.2, 0) is 10.0 Å². The van der Waals surface area contributed by atoms with Gasteiger partial charge in [-0.25, -0.2) is 13.4 Å². The molecule has 2 atom stereocenters. The van der Waals surface area contributed by atoms with Gasteiger partial charge in [-0.05, 0) is 31.0 Å². The van der Waals surface area contributed by atoms with Gasteiger partial charge in [0.25, 0.3) is 0 Å². The van der Waals surface area contributed by atoms with Crippen LogP contribution in [0.25, 0.3) is 0 Å². The molecule has 29 heavy (non-hydrogen) atoms. The number of hydrogen-bond acceptors (Lipinski definition) is 6. The predicted molar refractivity (Wildman–Crippen MR) is 111 cm³/mol. The predicted octanol–water partition coefficient (Wildman–Crippen LogP) is 2.64. The molecule has 7 nitrogen and oxygen atoms in total. The van der Waals surface area contributed by atoms with Gasteiger partial charge >= 0.3 is 0 Å². The maximum absolute atomic E-state index is 13.0. The molecule has 1 aromatic heterocycles. The Morgan fingerprint density at radius 2 is 1.97 bits per heavy atom. The van der Waals surface area contributed by atoms with Crippen molar-refractivity contribution in [2.75, 3.05) is 26.2 Å². The number of sulfonamides is 1. The van der Waals surface area contributed by atoms with Crippen LogP contribution in [0.4, 0.5) is 0 Å². The van der Waals surface area contributed by atoms with Gasteiger partial charge in [-0.2, -0.15) is 4.31 Å². The van der Waals surface area contributed by atoms with Gasteiger partial charge in [0.2, 0.25) is 15.9 Å². The minimum atomic E-state index is -3.49. The maximum Gasteiger partial charge on any atom is 0.243 e. The van der Waals surface area contributed by atoms with E-state index < -0.39 is 10.0 Å². The molecule has 2 saturated heterocycles. The van der Waals surface area contributed by atoms with E-state index >= 15 is 0 Å². The summed E-state index contributed by atoms with van der Waals surface area (Å²) in [6, 6.07) is 7.05. The number of rotatable bonds is 5. The summed E-state index contributed by atoms with van der Waals surface area (Å²) in [4.78, 5) is 11.5. The smallest absolute Gasteiger partial charge is 0.243 e. The second kappa shape index (κ2) is 7.61. The quantitative estimate of drug-likeness (QED) is 0.657. The molecular weight excluding hydrogens is 456 g/mol. The highest BCUT2D eigenvalue weighted by molar-refractivity contribution is 9.10. The average Bonchev–Trinajstić information content (AvgIpc) is 3.48. The lowest BCUT2D eigenvalue weighted by atomic mass is 10.2. The third kappa shape index (κ3) is 4.05. The molecular formula is C20H23BrN4O3S. The Kier molecular flexibility index (Phi) is 5.09.